The van der Waals surface area contributed by atoms with Gasteiger partial charge >= 0.3 is 0 Å². The molecule has 9 nitrogen and oxygen atoms in total. The predicted molar refractivity (Wildman–Crippen MR) is 123 cm³/mol. The van der Waals surface area contributed by atoms with Gasteiger partial charge in [0.2, 0.25) is 0 Å². The zero-order valence-electron chi connectivity index (χ0n) is 17.2. The molecule has 11 heteroatoms. The van der Waals surface area contributed by atoms with E-state index in [0.717, 1.165) is 0 Å². The maximum absolute atomic E-state index is 13.3. The van der Waals surface area contributed by atoms with Crippen molar-refractivity contribution in [3.05, 3.63) is 94.7 Å². The Kier molecular flexibility index (Phi) is 5.00. The number of fused-ring (bicyclic) bond motifs is 3. The van der Waals surface area contributed by atoms with E-state index in [-0.39, 0.29) is 16.0 Å². The van der Waals surface area contributed by atoms with Crippen LogP contribution in [0.2, 0.25) is 0 Å². The van der Waals surface area contributed by atoms with Gasteiger partial charge in [-0.05, 0) is 66.7 Å². The Labute approximate surface area is 191 Å². The maximum Gasteiger partial charge on any atom is 0.294 e. The van der Waals surface area contributed by atoms with Crippen molar-refractivity contribution in [3.8, 4) is 5.69 Å². The molecular weight excluding hydrogens is 463 g/mol. The second kappa shape index (κ2) is 7.90. The normalized spacial score (nSPS) is 11.7. The summed E-state index contributed by atoms with van der Waals surface area (Å²) in [7, 11) is -4.34. The van der Waals surface area contributed by atoms with Crippen LogP contribution in [0.3, 0.4) is 0 Å². The second-order valence-electron chi connectivity index (χ2n) is 7.46. The van der Waals surface area contributed by atoms with E-state index in [1.807, 2.05) is 0 Å². The number of aromatic nitrogens is 3. The molecule has 0 atom stereocenters. The number of benzene rings is 3. The molecule has 2 aromatic heterocycles. The number of hydrogen-bond acceptors (Lipinski definition) is 5. The molecule has 5 rings (SSSR count). The minimum absolute atomic E-state index is 0.274. The number of amides is 1. The molecule has 0 fully saturated rings. The minimum Gasteiger partial charge on any atom is -0.322 e. The van der Waals surface area contributed by atoms with Gasteiger partial charge in [0.25, 0.3) is 21.6 Å². The summed E-state index contributed by atoms with van der Waals surface area (Å²) in [6.45, 7) is 0. The van der Waals surface area contributed by atoms with Gasteiger partial charge in [-0.1, -0.05) is 0 Å². The van der Waals surface area contributed by atoms with Crippen molar-refractivity contribution in [1.82, 2.24) is 14.8 Å². The van der Waals surface area contributed by atoms with E-state index in [4.69, 9.17) is 4.55 Å². The summed E-state index contributed by atoms with van der Waals surface area (Å²) in [5.41, 5.74) is 1.68. The van der Waals surface area contributed by atoms with Crippen molar-refractivity contribution in [3.63, 3.8) is 0 Å². The largest absolute Gasteiger partial charge is 0.322 e. The Hall–Kier alpha value is -4.35. The molecule has 0 bridgehead atoms. The molecule has 5 aromatic rings. The molecule has 0 spiro atoms. The Balaban J connectivity index is 1.53. The fourth-order valence-electron chi connectivity index (χ4n) is 3.58. The standard InChI is InChI=1S/C23H15FN4O5S/c24-14-2-6-16(7-3-14)28-23(30)19-12-25-20-10-1-13(11-18(20)21(19)27-28)22(29)26-15-4-8-17(9-5-15)34(31,32)33/h1-12,27H,(H,26,29)(H,31,32,33). The molecule has 1 amide bonds. The first-order valence-electron chi connectivity index (χ1n) is 9.89. The Morgan fingerprint density at radius 1 is 1.00 bits per heavy atom. The maximum atomic E-state index is 13.3. The number of nitrogens with zero attached hydrogens (tertiary/aromatic N) is 2. The van der Waals surface area contributed by atoms with E-state index in [1.165, 1.54) is 59.4 Å². The predicted octanol–water partition coefficient (Wildman–Crippen LogP) is 3.51. The molecule has 0 aliphatic heterocycles. The number of carbonyl (C=O) groups is 1. The zero-order valence-corrected chi connectivity index (χ0v) is 18.0. The highest BCUT2D eigenvalue weighted by atomic mass is 32.2. The van der Waals surface area contributed by atoms with Gasteiger partial charge in [0.15, 0.2) is 0 Å². The highest BCUT2D eigenvalue weighted by Gasteiger charge is 2.15. The smallest absolute Gasteiger partial charge is 0.294 e. The Bertz CT molecular complexity index is 1740. The third-order valence-corrected chi connectivity index (χ3v) is 6.15. The number of anilines is 1. The topological polar surface area (TPSA) is 134 Å². The lowest BCUT2D eigenvalue weighted by molar-refractivity contribution is 0.102. The van der Waals surface area contributed by atoms with Crippen molar-refractivity contribution in [1.29, 1.82) is 0 Å². The first kappa shape index (κ1) is 21.5. The lowest BCUT2D eigenvalue weighted by Crippen LogP contribution is -2.14. The van der Waals surface area contributed by atoms with Crippen LogP contribution in [0.15, 0.2) is 82.6 Å². The monoisotopic (exact) mass is 478 g/mol. The number of nitrogens with one attached hydrogen (secondary N) is 2. The van der Waals surface area contributed by atoms with Crippen LogP contribution in [0.5, 0.6) is 0 Å². The van der Waals surface area contributed by atoms with Crippen LogP contribution >= 0.6 is 0 Å². The van der Waals surface area contributed by atoms with Crippen LogP contribution in [0, 0.1) is 5.82 Å². The van der Waals surface area contributed by atoms with Crippen molar-refractivity contribution < 1.29 is 22.2 Å². The second-order valence-corrected chi connectivity index (χ2v) is 8.88. The number of H-pyrrole nitrogens is 1. The highest BCUT2D eigenvalue weighted by Crippen LogP contribution is 2.23. The molecule has 34 heavy (non-hydrogen) atoms. The summed E-state index contributed by atoms with van der Waals surface area (Å²) in [6.07, 6.45) is 1.44. The molecule has 3 aromatic carbocycles. The summed E-state index contributed by atoms with van der Waals surface area (Å²) in [5, 5.41) is 6.49. The van der Waals surface area contributed by atoms with Gasteiger partial charge in [0.05, 0.1) is 27.0 Å². The van der Waals surface area contributed by atoms with E-state index in [2.05, 4.69) is 15.4 Å². The summed E-state index contributed by atoms with van der Waals surface area (Å²) in [4.78, 5) is 29.7. The average Bonchev–Trinajstić information content (AvgIpc) is 3.16. The molecule has 2 heterocycles. The molecule has 0 saturated heterocycles. The van der Waals surface area contributed by atoms with Gasteiger partial charge in [-0.2, -0.15) is 8.42 Å². The number of pyridine rings is 1. The number of halogens is 1. The third kappa shape index (κ3) is 3.83. The Morgan fingerprint density at radius 3 is 2.38 bits per heavy atom. The van der Waals surface area contributed by atoms with Gasteiger partial charge in [-0.3, -0.25) is 24.2 Å². The first-order chi connectivity index (χ1) is 16.2. The highest BCUT2D eigenvalue weighted by molar-refractivity contribution is 7.85. The zero-order chi connectivity index (χ0) is 24.0. The van der Waals surface area contributed by atoms with Gasteiger partial charge in [-0.15, -0.1) is 0 Å². The van der Waals surface area contributed by atoms with Gasteiger partial charge in [-0.25, -0.2) is 9.07 Å². The SMILES string of the molecule is O=C(Nc1ccc(S(=O)(=O)O)cc1)c1ccc2ncc3c(=O)n(-c4ccc(F)cc4)[nH]c3c2c1. The van der Waals surface area contributed by atoms with E-state index < -0.39 is 21.8 Å². The fraction of sp³-hybridized carbons (Fsp3) is 0. The average molecular weight is 478 g/mol. The Morgan fingerprint density at radius 2 is 1.71 bits per heavy atom. The molecular formula is C23H15FN4O5S. The molecule has 0 radical (unpaired) electrons. The van der Waals surface area contributed by atoms with Gasteiger partial charge < -0.3 is 5.32 Å². The molecule has 0 unspecified atom stereocenters. The number of rotatable bonds is 4. The molecule has 0 aliphatic carbocycles. The molecule has 0 saturated carbocycles. The van der Waals surface area contributed by atoms with Crippen molar-refractivity contribution in [2.24, 2.45) is 0 Å². The summed E-state index contributed by atoms with van der Waals surface area (Å²) in [6, 6.07) is 15.2. The number of carbonyl (C=O) groups excluding carboxylic acids is 1. The number of aromatic amines is 1. The summed E-state index contributed by atoms with van der Waals surface area (Å²) < 4.78 is 46.0. The third-order valence-electron chi connectivity index (χ3n) is 5.28. The molecule has 0 aliphatic rings. The van der Waals surface area contributed by atoms with Crippen LogP contribution in [-0.4, -0.2) is 33.6 Å². The quantitative estimate of drug-likeness (QED) is 0.339. The van der Waals surface area contributed by atoms with Crippen LogP contribution in [0.1, 0.15) is 10.4 Å². The van der Waals surface area contributed by atoms with Crippen LogP contribution in [0.4, 0.5) is 10.1 Å². The fourth-order valence-corrected chi connectivity index (χ4v) is 4.06. The lowest BCUT2D eigenvalue weighted by Gasteiger charge is -2.07. The van der Waals surface area contributed by atoms with E-state index in [9.17, 15) is 22.4 Å². The molecule has 3 N–H and O–H groups in total. The molecule has 170 valence electrons. The lowest BCUT2D eigenvalue weighted by atomic mass is 10.1. The van der Waals surface area contributed by atoms with E-state index >= 15 is 0 Å². The van der Waals surface area contributed by atoms with Crippen LogP contribution < -0.4 is 10.9 Å². The van der Waals surface area contributed by atoms with E-state index in [0.29, 0.717) is 33.2 Å². The van der Waals surface area contributed by atoms with Crippen LogP contribution in [0.25, 0.3) is 27.5 Å². The van der Waals surface area contributed by atoms with Crippen molar-refractivity contribution in [2.45, 2.75) is 4.90 Å². The summed E-state index contributed by atoms with van der Waals surface area (Å²) >= 11 is 0. The van der Waals surface area contributed by atoms with Crippen molar-refractivity contribution >= 4 is 43.5 Å². The minimum atomic E-state index is -4.34. The first-order valence-corrected chi connectivity index (χ1v) is 11.3. The van der Waals surface area contributed by atoms with Gasteiger partial charge in [0.1, 0.15) is 5.82 Å². The summed E-state index contributed by atoms with van der Waals surface area (Å²) in [5.74, 6) is -0.901. The number of hydrogen-bond donors (Lipinski definition) is 3. The van der Waals surface area contributed by atoms with Gasteiger partial charge in [0, 0.05) is 22.8 Å². The van der Waals surface area contributed by atoms with Crippen LogP contribution in [-0.2, 0) is 10.1 Å². The van der Waals surface area contributed by atoms with E-state index in [1.54, 1.807) is 18.2 Å². The van der Waals surface area contributed by atoms with Crippen molar-refractivity contribution in [2.75, 3.05) is 5.32 Å².